The summed E-state index contributed by atoms with van der Waals surface area (Å²) in [5.74, 6) is 2.71. The monoisotopic (exact) mass is 287 g/mol. The molecule has 0 bridgehead atoms. The number of phenolic OH excluding ortho intramolecular Hbond substituents is 1. The van der Waals surface area contributed by atoms with Gasteiger partial charge in [0.2, 0.25) is 0 Å². The minimum absolute atomic E-state index is 0.0800. The number of terminal acetylenes is 1. The predicted octanol–water partition coefficient (Wildman–Crippen LogP) is 4.28. The van der Waals surface area contributed by atoms with E-state index in [1.807, 2.05) is 35.2 Å². The van der Waals surface area contributed by atoms with E-state index in [0.717, 1.165) is 15.5 Å². The standard InChI is InChI=1S/C15H10ClNOS/c1-2-9-17-11-5-3-4-6-12(11)19-13-8-7-10(16)15(18)14(13)17/h1,3-8,18H,9H2. The molecule has 0 amide bonds. The van der Waals surface area contributed by atoms with Crippen LogP contribution >= 0.6 is 23.4 Å². The van der Waals surface area contributed by atoms with Crippen LogP contribution in [0.4, 0.5) is 11.4 Å². The third-order valence-corrected chi connectivity index (χ3v) is 4.38. The maximum absolute atomic E-state index is 10.2. The smallest absolute Gasteiger partial charge is 0.159 e. The van der Waals surface area contributed by atoms with Gasteiger partial charge in [0.1, 0.15) is 5.69 Å². The largest absolute Gasteiger partial charge is 0.504 e. The molecule has 0 aliphatic carbocycles. The highest BCUT2D eigenvalue weighted by Crippen LogP contribution is 2.52. The number of aromatic hydroxyl groups is 1. The number of anilines is 2. The lowest BCUT2D eigenvalue weighted by Crippen LogP contribution is -2.21. The van der Waals surface area contributed by atoms with Gasteiger partial charge in [-0.25, -0.2) is 0 Å². The molecule has 0 fully saturated rings. The Bertz CT molecular complexity index is 693. The van der Waals surface area contributed by atoms with Crippen LogP contribution in [0.25, 0.3) is 0 Å². The number of hydrogen-bond acceptors (Lipinski definition) is 3. The van der Waals surface area contributed by atoms with Crippen LogP contribution in [0.15, 0.2) is 46.2 Å². The summed E-state index contributed by atoms with van der Waals surface area (Å²) >= 11 is 7.61. The Hall–Kier alpha value is -1.76. The SMILES string of the molecule is C#CCN1c2ccccc2Sc2ccc(Cl)c(O)c21. The molecule has 94 valence electrons. The second-order valence-electron chi connectivity index (χ2n) is 4.10. The summed E-state index contributed by atoms with van der Waals surface area (Å²) in [6.07, 6.45) is 5.45. The van der Waals surface area contributed by atoms with E-state index in [1.54, 1.807) is 17.8 Å². The van der Waals surface area contributed by atoms with Crippen molar-refractivity contribution in [3.63, 3.8) is 0 Å². The van der Waals surface area contributed by atoms with Gasteiger partial charge in [0.15, 0.2) is 5.75 Å². The van der Waals surface area contributed by atoms with Crippen molar-refractivity contribution in [1.29, 1.82) is 0 Å². The summed E-state index contributed by atoms with van der Waals surface area (Å²) in [5, 5.41) is 10.5. The molecule has 1 aliphatic heterocycles. The molecule has 1 aliphatic rings. The first kappa shape index (κ1) is 12.3. The van der Waals surface area contributed by atoms with Crippen molar-refractivity contribution in [2.75, 3.05) is 11.4 Å². The van der Waals surface area contributed by atoms with E-state index in [9.17, 15) is 5.11 Å². The minimum atomic E-state index is 0.0800. The van der Waals surface area contributed by atoms with Gasteiger partial charge >= 0.3 is 0 Å². The Labute approximate surface area is 121 Å². The van der Waals surface area contributed by atoms with Gasteiger partial charge in [-0.05, 0) is 24.3 Å². The van der Waals surface area contributed by atoms with E-state index in [2.05, 4.69) is 5.92 Å². The van der Waals surface area contributed by atoms with Gasteiger partial charge in [0.05, 0.1) is 17.3 Å². The molecule has 0 saturated heterocycles. The molecular formula is C15H10ClNOS. The zero-order valence-electron chi connectivity index (χ0n) is 9.93. The molecule has 19 heavy (non-hydrogen) atoms. The molecule has 1 N–H and O–H groups in total. The summed E-state index contributed by atoms with van der Waals surface area (Å²) in [5.41, 5.74) is 1.68. The Balaban J connectivity index is 2.24. The first-order valence-corrected chi connectivity index (χ1v) is 6.91. The fourth-order valence-electron chi connectivity index (χ4n) is 2.14. The lowest BCUT2D eigenvalue weighted by molar-refractivity contribution is 0.474. The second-order valence-corrected chi connectivity index (χ2v) is 5.59. The summed E-state index contributed by atoms with van der Waals surface area (Å²) in [6, 6.07) is 11.6. The number of phenols is 1. The first-order valence-electron chi connectivity index (χ1n) is 5.71. The van der Waals surface area contributed by atoms with E-state index in [1.165, 1.54) is 0 Å². The highest BCUT2D eigenvalue weighted by Gasteiger charge is 2.26. The average molecular weight is 288 g/mol. The Morgan fingerprint density at radius 1 is 1.21 bits per heavy atom. The van der Waals surface area contributed by atoms with E-state index in [4.69, 9.17) is 18.0 Å². The molecule has 2 aromatic carbocycles. The molecular weight excluding hydrogens is 278 g/mol. The molecule has 0 aromatic heterocycles. The number of nitrogens with zero attached hydrogens (tertiary/aromatic N) is 1. The number of hydrogen-bond donors (Lipinski definition) is 1. The number of fused-ring (bicyclic) bond motifs is 2. The molecule has 0 saturated carbocycles. The van der Waals surface area contributed by atoms with Crippen LogP contribution in [-0.2, 0) is 0 Å². The molecule has 1 heterocycles. The molecule has 0 unspecified atom stereocenters. The topological polar surface area (TPSA) is 23.5 Å². The van der Waals surface area contributed by atoms with Crippen LogP contribution in [0.3, 0.4) is 0 Å². The number of benzene rings is 2. The van der Waals surface area contributed by atoms with Crippen molar-refractivity contribution >= 4 is 34.7 Å². The molecule has 4 heteroatoms. The average Bonchev–Trinajstić information content (AvgIpc) is 2.43. The third kappa shape index (κ3) is 1.94. The van der Waals surface area contributed by atoms with Gasteiger partial charge in [-0.1, -0.05) is 41.4 Å². The van der Waals surface area contributed by atoms with Crippen molar-refractivity contribution in [3.8, 4) is 18.1 Å². The molecule has 3 rings (SSSR count). The normalized spacial score (nSPS) is 12.5. The minimum Gasteiger partial charge on any atom is -0.504 e. The van der Waals surface area contributed by atoms with Crippen LogP contribution in [0, 0.1) is 12.3 Å². The van der Waals surface area contributed by atoms with Gasteiger partial charge in [-0.3, -0.25) is 0 Å². The number of halogens is 1. The second kappa shape index (κ2) is 4.73. The number of para-hydroxylation sites is 1. The highest BCUT2D eigenvalue weighted by molar-refractivity contribution is 7.99. The van der Waals surface area contributed by atoms with Crippen molar-refractivity contribution < 1.29 is 5.11 Å². The maximum Gasteiger partial charge on any atom is 0.159 e. The fraction of sp³-hybridized carbons (Fsp3) is 0.0667. The van der Waals surface area contributed by atoms with Crippen molar-refractivity contribution in [1.82, 2.24) is 0 Å². The molecule has 0 radical (unpaired) electrons. The number of rotatable bonds is 1. The van der Waals surface area contributed by atoms with Gasteiger partial charge < -0.3 is 10.0 Å². The van der Waals surface area contributed by atoms with Crippen molar-refractivity contribution in [2.24, 2.45) is 0 Å². The summed E-state index contributed by atoms with van der Waals surface area (Å²) in [7, 11) is 0. The molecule has 2 nitrogen and oxygen atoms in total. The fourth-order valence-corrected chi connectivity index (χ4v) is 3.40. The van der Waals surface area contributed by atoms with Gasteiger partial charge in [0.25, 0.3) is 0 Å². The lowest BCUT2D eigenvalue weighted by atomic mass is 10.2. The summed E-state index contributed by atoms with van der Waals surface area (Å²) in [4.78, 5) is 3.99. The zero-order chi connectivity index (χ0) is 13.4. The predicted molar refractivity (Wildman–Crippen MR) is 79.5 cm³/mol. The Morgan fingerprint density at radius 3 is 2.79 bits per heavy atom. The lowest BCUT2D eigenvalue weighted by Gasteiger charge is -2.32. The van der Waals surface area contributed by atoms with E-state index < -0.39 is 0 Å². The van der Waals surface area contributed by atoms with E-state index in [-0.39, 0.29) is 5.75 Å². The molecule has 0 spiro atoms. The van der Waals surface area contributed by atoms with Crippen LogP contribution in [0.1, 0.15) is 0 Å². The van der Waals surface area contributed by atoms with E-state index in [0.29, 0.717) is 17.3 Å². The Morgan fingerprint density at radius 2 is 2.00 bits per heavy atom. The van der Waals surface area contributed by atoms with Crippen LogP contribution in [0.5, 0.6) is 5.75 Å². The van der Waals surface area contributed by atoms with Crippen LogP contribution < -0.4 is 4.90 Å². The summed E-state index contributed by atoms with van der Waals surface area (Å²) < 4.78 is 0. The quantitative estimate of drug-likeness (QED) is 0.792. The third-order valence-electron chi connectivity index (χ3n) is 2.96. The highest BCUT2D eigenvalue weighted by atomic mass is 35.5. The zero-order valence-corrected chi connectivity index (χ0v) is 11.5. The van der Waals surface area contributed by atoms with Gasteiger partial charge in [0, 0.05) is 9.79 Å². The maximum atomic E-state index is 10.2. The van der Waals surface area contributed by atoms with Crippen LogP contribution in [0.2, 0.25) is 5.02 Å². The van der Waals surface area contributed by atoms with Gasteiger partial charge in [-0.2, -0.15) is 0 Å². The van der Waals surface area contributed by atoms with E-state index >= 15 is 0 Å². The van der Waals surface area contributed by atoms with Crippen LogP contribution in [-0.4, -0.2) is 11.7 Å². The first-order chi connectivity index (χ1) is 9.22. The van der Waals surface area contributed by atoms with Crippen molar-refractivity contribution in [3.05, 3.63) is 41.4 Å². The molecule has 0 atom stereocenters. The van der Waals surface area contributed by atoms with Gasteiger partial charge in [-0.15, -0.1) is 6.42 Å². The summed E-state index contributed by atoms with van der Waals surface area (Å²) in [6.45, 7) is 0.387. The Kier molecular flexibility index (Phi) is 3.06. The van der Waals surface area contributed by atoms with Crippen molar-refractivity contribution in [2.45, 2.75) is 9.79 Å². The molecule has 2 aromatic rings.